The molecule has 1 aromatic carbocycles. The fraction of sp³-hybridized carbons (Fsp3) is 0.538. The Bertz CT molecular complexity index is 372. The molecular weight excluding hydrogens is 280 g/mol. The largest absolute Gasteiger partial charge is 0.392 e. The van der Waals surface area contributed by atoms with Gasteiger partial charge < -0.3 is 10.8 Å². The van der Waals surface area contributed by atoms with Crippen molar-refractivity contribution in [2.24, 2.45) is 5.73 Å². The van der Waals surface area contributed by atoms with Crippen LogP contribution in [-0.4, -0.2) is 35.7 Å². The summed E-state index contributed by atoms with van der Waals surface area (Å²) in [5.41, 5.74) is 7.12. The lowest BCUT2D eigenvalue weighted by molar-refractivity contribution is 0.0478. The number of hydrogen-bond acceptors (Lipinski definition) is 3. The highest BCUT2D eigenvalue weighted by Crippen LogP contribution is 2.29. The second-order valence-corrected chi connectivity index (χ2v) is 5.42. The van der Waals surface area contributed by atoms with Crippen molar-refractivity contribution in [2.75, 3.05) is 19.6 Å². The second kappa shape index (κ2) is 5.96. The molecule has 2 unspecified atom stereocenters. The smallest absolute Gasteiger partial charge is 0.0667 e. The molecule has 94 valence electrons. The number of likely N-dealkylation sites (tertiary alicyclic amines) is 1. The third-order valence-electron chi connectivity index (χ3n) is 3.36. The molecule has 1 aliphatic heterocycles. The molecule has 0 bridgehead atoms. The van der Waals surface area contributed by atoms with Crippen molar-refractivity contribution in [2.45, 2.75) is 25.0 Å². The molecule has 0 aromatic heterocycles. The van der Waals surface area contributed by atoms with Gasteiger partial charge in [0.05, 0.1) is 6.10 Å². The molecule has 1 fully saturated rings. The zero-order valence-corrected chi connectivity index (χ0v) is 11.4. The lowest BCUT2D eigenvalue weighted by Gasteiger charge is -2.36. The van der Waals surface area contributed by atoms with Crippen molar-refractivity contribution in [1.29, 1.82) is 0 Å². The van der Waals surface area contributed by atoms with Gasteiger partial charge in [-0.1, -0.05) is 34.1 Å². The monoisotopic (exact) mass is 298 g/mol. The summed E-state index contributed by atoms with van der Waals surface area (Å²) in [7, 11) is 0. The standard InChI is InChI=1S/C13H19BrN2O/c14-12-6-2-1-5-11(12)13(8-15)16-7-3-4-10(17)9-16/h1-2,5-6,10,13,17H,3-4,7-9,15H2. The van der Waals surface area contributed by atoms with Crippen LogP contribution in [0.5, 0.6) is 0 Å². The van der Waals surface area contributed by atoms with Crippen molar-refractivity contribution in [1.82, 2.24) is 4.90 Å². The lowest BCUT2D eigenvalue weighted by atomic mass is 10.0. The number of rotatable bonds is 3. The van der Waals surface area contributed by atoms with E-state index in [0.29, 0.717) is 6.54 Å². The van der Waals surface area contributed by atoms with Crippen molar-refractivity contribution in [3.63, 3.8) is 0 Å². The molecule has 0 spiro atoms. The van der Waals surface area contributed by atoms with Gasteiger partial charge in [-0.3, -0.25) is 4.90 Å². The number of benzene rings is 1. The zero-order chi connectivity index (χ0) is 12.3. The third kappa shape index (κ3) is 3.07. The van der Waals surface area contributed by atoms with E-state index in [1.54, 1.807) is 0 Å². The lowest BCUT2D eigenvalue weighted by Crippen LogP contribution is -2.43. The van der Waals surface area contributed by atoms with Crippen LogP contribution in [0.2, 0.25) is 0 Å². The minimum atomic E-state index is -0.208. The molecule has 0 aliphatic carbocycles. The second-order valence-electron chi connectivity index (χ2n) is 4.56. The minimum Gasteiger partial charge on any atom is -0.392 e. The Balaban J connectivity index is 2.18. The Morgan fingerprint density at radius 3 is 2.88 bits per heavy atom. The maximum Gasteiger partial charge on any atom is 0.0667 e. The van der Waals surface area contributed by atoms with Gasteiger partial charge >= 0.3 is 0 Å². The fourth-order valence-electron chi connectivity index (χ4n) is 2.48. The van der Waals surface area contributed by atoms with Gasteiger partial charge in [-0.15, -0.1) is 0 Å². The molecule has 17 heavy (non-hydrogen) atoms. The molecule has 1 aromatic rings. The predicted molar refractivity (Wildman–Crippen MR) is 72.8 cm³/mol. The summed E-state index contributed by atoms with van der Waals surface area (Å²) in [5, 5.41) is 9.75. The summed E-state index contributed by atoms with van der Waals surface area (Å²) in [6.45, 7) is 2.32. The summed E-state index contributed by atoms with van der Waals surface area (Å²) < 4.78 is 1.09. The van der Waals surface area contributed by atoms with E-state index in [2.05, 4.69) is 26.9 Å². The van der Waals surface area contributed by atoms with E-state index in [1.165, 1.54) is 5.56 Å². The molecule has 3 N–H and O–H groups in total. The van der Waals surface area contributed by atoms with E-state index in [-0.39, 0.29) is 12.1 Å². The fourth-order valence-corrected chi connectivity index (χ4v) is 3.03. The van der Waals surface area contributed by atoms with Crippen LogP contribution in [0.3, 0.4) is 0 Å². The third-order valence-corrected chi connectivity index (χ3v) is 4.08. The van der Waals surface area contributed by atoms with Crippen LogP contribution >= 0.6 is 15.9 Å². The van der Waals surface area contributed by atoms with Crippen molar-refractivity contribution >= 4 is 15.9 Å². The van der Waals surface area contributed by atoms with Gasteiger partial charge in [0.25, 0.3) is 0 Å². The topological polar surface area (TPSA) is 49.5 Å². The zero-order valence-electron chi connectivity index (χ0n) is 9.85. The quantitative estimate of drug-likeness (QED) is 0.896. The maximum absolute atomic E-state index is 9.75. The van der Waals surface area contributed by atoms with Crippen molar-refractivity contribution in [3.8, 4) is 0 Å². The first-order valence-corrected chi connectivity index (χ1v) is 6.88. The first-order chi connectivity index (χ1) is 8.22. The summed E-state index contributed by atoms with van der Waals surface area (Å²) in [6.07, 6.45) is 1.74. The SMILES string of the molecule is NCC(c1ccccc1Br)N1CCCC(O)C1. The van der Waals surface area contributed by atoms with Crippen LogP contribution in [0.4, 0.5) is 0 Å². The predicted octanol–water partition coefficient (Wildman–Crippen LogP) is 1.91. The Labute approximate surface area is 111 Å². The molecule has 2 atom stereocenters. The van der Waals surface area contributed by atoms with Crippen LogP contribution in [0, 0.1) is 0 Å². The molecule has 2 rings (SSSR count). The molecule has 3 nitrogen and oxygen atoms in total. The van der Waals surface area contributed by atoms with E-state index >= 15 is 0 Å². The highest BCUT2D eigenvalue weighted by Gasteiger charge is 2.25. The first kappa shape index (κ1) is 13.0. The van der Waals surface area contributed by atoms with E-state index in [1.807, 2.05) is 18.2 Å². The molecule has 0 saturated carbocycles. The molecule has 1 heterocycles. The summed E-state index contributed by atoms with van der Waals surface area (Å²) in [5.74, 6) is 0. The van der Waals surface area contributed by atoms with Crippen molar-refractivity contribution in [3.05, 3.63) is 34.3 Å². The maximum atomic E-state index is 9.75. The Kier molecular flexibility index (Phi) is 4.56. The normalized spacial score (nSPS) is 23.6. The summed E-state index contributed by atoms with van der Waals surface area (Å²) in [6, 6.07) is 8.37. The van der Waals surface area contributed by atoms with Crippen LogP contribution in [-0.2, 0) is 0 Å². The van der Waals surface area contributed by atoms with Gasteiger partial charge in [-0.05, 0) is 31.0 Å². The molecule has 1 saturated heterocycles. The Morgan fingerprint density at radius 1 is 1.47 bits per heavy atom. The number of aliphatic hydroxyl groups excluding tert-OH is 1. The van der Waals surface area contributed by atoms with Gasteiger partial charge in [0.1, 0.15) is 0 Å². The van der Waals surface area contributed by atoms with Gasteiger partial charge in [0, 0.05) is 23.6 Å². The van der Waals surface area contributed by atoms with Crippen LogP contribution in [0.25, 0.3) is 0 Å². The first-order valence-electron chi connectivity index (χ1n) is 6.09. The number of halogens is 1. The molecule has 0 radical (unpaired) electrons. The van der Waals surface area contributed by atoms with Gasteiger partial charge in [-0.2, -0.15) is 0 Å². The number of nitrogens with zero attached hydrogens (tertiary/aromatic N) is 1. The molecule has 4 heteroatoms. The highest BCUT2D eigenvalue weighted by atomic mass is 79.9. The molecule has 1 aliphatic rings. The van der Waals surface area contributed by atoms with Crippen LogP contribution in [0.15, 0.2) is 28.7 Å². The van der Waals surface area contributed by atoms with Gasteiger partial charge in [0.15, 0.2) is 0 Å². The average Bonchev–Trinajstić information content (AvgIpc) is 2.33. The Morgan fingerprint density at radius 2 is 2.24 bits per heavy atom. The Hall–Kier alpha value is -0.420. The molecule has 0 amide bonds. The number of hydrogen-bond donors (Lipinski definition) is 2. The minimum absolute atomic E-state index is 0.195. The van der Waals surface area contributed by atoms with Crippen LogP contribution < -0.4 is 5.73 Å². The highest BCUT2D eigenvalue weighted by molar-refractivity contribution is 9.10. The van der Waals surface area contributed by atoms with E-state index in [0.717, 1.165) is 30.4 Å². The molecular formula is C13H19BrN2O. The van der Waals surface area contributed by atoms with Gasteiger partial charge in [0.2, 0.25) is 0 Å². The van der Waals surface area contributed by atoms with E-state index < -0.39 is 0 Å². The van der Waals surface area contributed by atoms with Gasteiger partial charge in [-0.25, -0.2) is 0 Å². The van der Waals surface area contributed by atoms with Crippen LogP contribution in [0.1, 0.15) is 24.4 Å². The summed E-state index contributed by atoms with van der Waals surface area (Å²) in [4.78, 5) is 2.29. The van der Waals surface area contributed by atoms with E-state index in [4.69, 9.17) is 5.73 Å². The van der Waals surface area contributed by atoms with Crippen molar-refractivity contribution < 1.29 is 5.11 Å². The van der Waals surface area contributed by atoms with E-state index in [9.17, 15) is 5.11 Å². The number of nitrogens with two attached hydrogens (primary N) is 1. The number of piperidine rings is 1. The number of β-amino-alcohol motifs (C(OH)–C–C–N with tert-alkyl or cyclic N) is 1. The average molecular weight is 299 g/mol. The summed E-state index contributed by atoms with van der Waals surface area (Å²) >= 11 is 3.57. The number of aliphatic hydroxyl groups is 1.